The summed E-state index contributed by atoms with van der Waals surface area (Å²) in [5, 5.41) is 0. The first-order chi connectivity index (χ1) is 5.41. The van der Waals surface area contributed by atoms with Gasteiger partial charge in [-0.15, -0.1) is 0 Å². The maximum absolute atomic E-state index is 11.6. The Bertz CT molecular complexity index is 243. The van der Waals surface area contributed by atoms with Gasteiger partial charge < -0.3 is 0 Å². The summed E-state index contributed by atoms with van der Waals surface area (Å²) in [6, 6.07) is 0. The minimum atomic E-state index is -1.94. The normalized spacial score (nSPS) is 30.8. The molecule has 1 heterocycles. The molecule has 1 saturated heterocycles. The Morgan fingerprint density at radius 2 is 2.17 bits per heavy atom. The van der Waals surface area contributed by atoms with Crippen molar-refractivity contribution in [2.45, 2.75) is 20.3 Å². The lowest BCUT2D eigenvalue weighted by Crippen LogP contribution is -2.27. The Kier molecular flexibility index (Phi) is 2.84. The second-order valence-corrected chi connectivity index (χ2v) is 6.58. The van der Waals surface area contributed by atoms with E-state index < -0.39 is 9.71 Å². The molecule has 3 heteroatoms. The van der Waals surface area contributed by atoms with E-state index in [0.717, 1.165) is 13.1 Å². The van der Waals surface area contributed by atoms with Gasteiger partial charge in [0.05, 0.1) is 0 Å². The number of hydrogen-bond acceptors (Lipinski definition) is 1. The fraction of sp³-hybridized carbons (Fsp3) is 0.889. The van der Waals surface area contributed by atoms with Crippen LogP contribution in [0.2, 0.25) is 0 Å². The van der Waals surface area contributed by atoms with Gasteiger partial charge in [-0.3, -0.25) is 4.21 Å². The molecular formula is C9H19NOS. The average molecular weight is 189 g/mol. The molecule has 0 saturated carbocycles. The number of nitrogens with zero attached hydrogens (tertiary/aromatic N) is 1. The fourth-order valence-electron chi connectivity index (χ4n) is 1.65. The average Bonchev–Trinajstić information content (AvgIpc) is 2.30. The van der Waals surface area contributed by atoms with Crippen LogP contribution in [0.15, 0.2) is 0 Å². The molecule has 1 aliphatic heterocycles. The van der Waals surface area contributed by atoms with Crippen molar-refractivity contribution in [2.75, 3.05) is 19.3 Å². The predicted octanol–water partition coefficient (Wildman–Crippen LogP) is 1.23. The molecule has 0 spiro atoms. The van der Waals surface area contributed by atoms with Crippen molar-refractivity contribution in [3.05, 3.63) is 0 Å². The third-order valence-electron chi connectivity index (χ3n) is 2.68. The molecule has 1 fully saturated rings. The minimum absolute atomic E-state index is 0.705. The summed E-state index contributed by atoms with van der Waals surface area (Å²) in [5.41, 5.74) is 0. The lowest BCUT2D eigenvalue weighted by molar-refractivity contribution is 0.396. The molecule has 12 heavy (non-hydrogen) atoms. The summed E-state index contributed by atoms with van der Waals surface area (Å²) in [6.45, 7) is 6.39. The van der Waals surface area contributed by atoms with Gasteiger partial charge in [0.2, 0.25) is 0 Å². The van der Waals surface area contributed by atoms with Crippen LogP contribution in [0.5, 0.6) is 0 Å². The molecule has 0 radical (unpaired) electrons. The Balaban J connectivity index is 2.58. The first-order valence-corrected chi connectivity index (χ1v) is 6.58. The lowest BCUT2D eigenvalue weighted by atomic mass is 9.96. The topological polar surface area (TPSA) is 20.3 Å². The zero-order chi connectivity index (χ0) is 9.35. The van der Waals surface area contributed by atoms with Crippen LogP contribution < -0.4 is 0 Å². The fourth-order valence-corrected chi connectivity index (χ4v) is 2.65. The SMILES string of the molecule is C=S(C)(=O)N1CCC(C(C)C)C1. The third-order valence-corrected chi connectivity index (χ3v) is 4.10. The molecule has 2 unspecified atom stereocenters. The van der Waals surface area contributed by atoms with Crippen LogP contribution in [0.3, 0.4) is 0 Å². The van der Waals surface area contributed by atoms with Crippen LogP contribution in [0, 0.1) is 11.8 Å². The van der Waals surface area contributed by atoms with Gasteiger partial charge in [-0.25, -0.2) is 4.31 Å². The molecule has 0 N–H and O–H groups in total. The van der Waals surface area contributed by atoms with Gasteiger partial charge in [-0.05, 0) is 24.1 Å². The van der Waals surface area contributed by atoms with Crippen molar-refractivity contribution < 1.29 is 4.21 Å². The Morgan fingerprint density at radius 3 is 2.42 bits per heavy atom. The summed E-state index contributed by atoms with van der Waals surface area (Å²) in [6.07, 6.45) is 2.91. The van der Waals surface area contributed by atoms with Crippen LogP contribution >= 0.6 is 0 Å². The van der Waals surface area contributed by atoms with Crippen LogP contribution in [0.25, 0.3) is 0 Å². The number of hydrogen-bond donors (Lipinski definition) is 0. The van der Waals surface area contributed by atoms with E-state index in [9.17, 15) is 4.21 Å². The van der Waals surface area contributed by atoms with E-state index in [2.05, 4.69) is 19.7 Å². The van der Waals surface area contributed by atoms with Crippen LogP contribution in [-0.4, -0.2) is 33.7 Å². The molecule has 0 aliphatic carbocycles. The maximum Gasteiger partial charge on any atom is 0.0245 e. The molecule has 0 aromatic carbocycles. The van der Waals surface area contributed by atoms with Gasteiger partial charge in [0.25, 0.3) is 0 Å². The molecule has 2 nitrogen and oxygen atoms in total. The van der Waals surface area contributed by atoms with Crippen molar-refractivity contribution in [3.8, 4) is 0 Å². The zero-order valence-electron chi connectivity index (χ0n) is 8.25. The molecule has 0 aromatic rings. The smallest absolute Gasteiger partial charge is 0.0245 e. The van der Waals surface area contributed by atoms with Gasteiger partial charge in [0, 0.05) is 29.1 Å². The Hall–Kier alpha value is -0.0200. The Morgan fingerprint density at radius 1 is 1.58 bits per heavy atom. The van der Waals surface area contributed by atoms with Crippen molar-refractivity contribution in [3.63, 3.8) is 0 Å². The highest BCUT2D eigenvalue weighted by Crippen LogP contribution is 2.24. The van der Waals surface area contributed by atoms with E-state index in [0.29, 0.717) is 11.8 Å². The quantitative estimate of drug-likeness (QED) is 0.598. The Labute approximate surface area is 76.1 Å². The highest BCUT2D eigenvalue weighted by Gasteiger charge is 2.27. The highest BCUT2D eigenvalue weighted by molar-refractivity contribution is 7.97. The summed E-state index contributed by atoms with van der Waals surface area (Å²) < 4.78 is 13.6. The highest BCUT2D eigenvalue weighted by atomic mass is 32.2. The van der Waals surface area contributed by atoms with Crippen molar-refractivity contribution in [1.29, 1.82) is 0 Å². The monoisotopic (exact) mass is 189 g/mol. The molecule has 2 atom stereocenters. The van der Waals surface area contributed by atoms with Crippen molar-refractivity contribution in [2.24, 2.45) is 11.8 Å². The molecular weight excluding hydrogens is 170 g/mol. The van der Waals surface area contributed by atoms with Crippen molar-refractivity contribution in [1.82, 2.24) is 4.31 Å². The third kappa shape index (κ3) is 2.23. The molecule has 0 aromatic heterocycles. The minimum Gasteiger partial charge on any atom is -0.253 e. The van der Waals surface area contributed by atoms with Crippen LogP contribution in [0.1, 0.15) is 20.3 Å². The summed E-state index contributed by atoms with van der Waals surface area (Å²) in [5.74, 6) is 5.12. The van der Waals surface area contributed by atoms with Crippen LogP contribution in [0.4, 0.5) is 0 Å². The van der Waals surface area contributed by atoms with Crippen molar-refractivity contribution >= 4 is 15.6 Å². The zero-order valence-corrected chi connectivity index (χ0v) is 9.06. The van der Waals surface area contributed by atoms with E-state index in [1.807, 2.05) is 4.31 Å². The lowest BCUT2D eigenvalue weighted by Gasteiger charge is -2.18. The van der Waals surface area contributed by atoms with Gasteiger partial charge in [0.15, 0.2) is 0 Å². The first kappa shape index (κ1) is 10.1. The van der Waals surface area contributed by atoms with E-state index >= 15 is 0 Å². The summed E-state index contributed by atoms with van der Waals surface area (Å²) >= 11 is 0. The van der Waals surface area contributed by atoms with E-state index in [4.69, 9.17) is 0 Å². The largest absolute Gasteiger partial charge is 0.253 e. The van der Waals surface area contributed by atoms with E-state index in [1.54, 1.807) is 6.26 Å². The van der Waals surface area contributed by atoms with Gasteiger partial charge in [-0.1, -0.05) is 13.8 Å². The molecule has 0 amide bonds. The predicted molar refractivity (Wildman–Crippen MR) is 55.7 cm³/mol. The second-order valence-electron chi connectivity index (χ2n) is 4.14. The van der Waals surface area contributed by atoms with Gasteiger partial charge in [-0.2, -0.15) is 0 Å². The van der Waals surface area contributed by atoms with Crippen LogP contribution in [-0.2, 0) is 9.71 Å². The molecule has 1 aliphatic rings. The molecule has 72 valence electrons. The molecule has 0 bridgehead atoms. The summed E-state index contributed by atoms with van der Waals surface area (Å²) in [7, 11) is -1.94. The summed E-state index contributed by atoms with van der Waals surface area (Å²) in [4.78, 5) is 0. The maximum atomic E-state index is 11.6. The standard InChI is InChI=1S/C9H19NOS/c1-8(2)9-5-6-10(7-9)12(3,4)11/h8-9H,3,5-7H2,1-2,4H3. The van der Waals surface area contributed by atoms with Gasteiger partial charge >= 0.3 is 0 Å². The second kappa shape index (κ2) is 3.38. The van der Waals surface area contributed by atoms with E-state index in [-0.39, 0.29) is 0 Å². The first-order valence-electron chi connectivity index (χ1n) is 4.48. The van der Waals surface area contributed by atoms with Gasteiger partial charge in [0.1, 0.15) is 0 Å². The number of rotatable bonds is 2. The molecule has 1 rings (SSSR count). The van der Waals surface area contributed by atoms with E-state index in [1.165, 1.54) is 6.42 Å².